The van der Waals surface area contributed by atoms with Crippen LogP contribution in [0.3, 0.4) is 0 Å². The molecule has 0 aliphatic carbocycles. The highest BCUT2D eigenvalue weighted by molar-refractivity contribution is 5.97. The van der Waals surface area contributed by atoms with E-state index < -0.39 is 6.17 Å². The number of hydrogen-bond acceptors (Lipinski definition) is 3. The van der Waals surface area contributed by atoms with Gasteiger partial charge in [-0.1, -0.05) is 91.3 Å². The van der Waals surface area contributed by atoms with Crippen molar-refractivity contribution in [1.82, 2.24) is 10.6 Å². The third kappa shape index (κ3) is 7.95. The summed E-state index contributed by atoms with van der Waals surface area (Å²) in [5.41, 5.74) is 4.11. The van der Waals surface area contributed by atoms with Gasteiger partial charge < -0.3 is 15.4 Å². The molecule has 5 nitrogen and oxygen atoms in total. The SMILES string of the molecule is CCCCOc1ccc(C(NC(=O)c2ccc(C(C)(C)C)cc2)NC(=O)c2ccc(C(C)(C)C)cc2)cc1. The van der Waals surface area contributed by atoms with Crippen molar-refractivity contribution in [1.29, 1.82) is 0 Å². The van der Waals surface area contributed by atoms with Crippen LogP contribution in [0.1, 0.15) is 105 Å². The van der Waals surface area contributed by atoms with Crippen molar-refractivity contribution in [2.75, 3.05) is 6.61 Å². The largest absolute Gasteiger partial charge is 0.494 e. The first-order valence-electron chi connectivity index (χ1n) is 13.4. The molecule has 38 heavy (non-hydrogen) atoms. The van der Waals surface area contributed by atoms with Crippen molar-refractivity contribution >= 4 is 11.8 Å². The van der Waals surface area contributed by atoms with E-state index >= 15 is 0 Å². The lowest BCUT2D eigenvalue weighted by molar-refractivity contribution is 0.0883. The van der Waals surface area contributed by atoms with E-state index in [0.29, 0.717) is 17.7 Å². The Labute approximate surface area is 228 Å². The lowest BCUT2D eigenvalue weighted by Crippen LogP contribution is -2.41. The standard InChI is InChI=1S/C33H42N2O3/c1-8-9-22-38-28-20-14-23(15-21-28)29(34-30(36)24-10-16-26(17-11-24)32(2,3)4)35-31(37)25-12-18-27(19-13-25)33(5,6)7/h10-21,29H,8-9,22H2,1-7H3,(H,34,36)(H,35,37). The fraction of sp³-hybridized carbons (Fsp3) is 0.394. The van der Waals surface area contributed by atoms with E-state index in [0.717, 1.165) is 35.3 Å². The number of nitrogens with one attached hydrogen (secondary N) is 2. The maximum absolute atomic E-state index is 13.2. The summed E-state index contributed by atoms with van der Waals surface area (Å²) in [5.74, 6) is 0.235. The van der Waals surface area contributed by atoms with E-state index in [1.54, 1.807) is 0 Å². The summed E-state index contributed by atoms with van der Waals surface area (Å²) in [6.07, 6.45) is 1.33. The van der Waals surface area contributed by atoms with E-state index in [4.69, 9.17) is 4.74 Å². The molecule has 0 heterocycles. The van der Waals surface area contributed by atoms with Crippen molar-refractivity contribution in [2.24, 2.45) is 0 Å². The Bertz CT molecular complexity index is 1130. The van der Waals surface area contributed by atoms with Crippen LogP contribution in [0.5, 0.6) is 5.75 Å². The number of benzene rings is 3. The number of amides is 2. The van der Waals surface area contributed by atoms with E-state index in [9.17, 15) is 9.59 Å². The summed E-state index contributed by atoms with van der Waals surface area (Å²) in [6, 6.07) is 22.7. The Morgan fingerprint density at radius 3 is 1.47 bits per heavy atom. The lowest BCUT2D eigenvalue weighted by Gasteiger charge is -2.23. The van der Waals surface area contributed by atoms with Gasteiger partial charge in [-0.2, -0.15) is 0 Å². The van der Waals surface area contributed by atoms with Crippen LogP contribution in [-0.4, -0.2) is 18.4 Å². The molecule has 0 aliphatic rings. The summed E-state index contributed by atoms with van der Waals surface area (Å²) in [4.78, 5) is 26.4. The zero-order chi connectivity index (χ0) is 27.9. The van der Waals surface area contributed by atoms with Gasteiger partial charge in [-0.15, -0.1) is 0 Å². The summed E-state index contributed by atoms with van der Waals surface area (Å²) in [7, 11) is 0. The van der Waals surface area contributed by atoms with Crippen LogP contribution in [0.4, 0.5) is 0 Å². The predicted molar refractivity (Wildman–Crippen MR) is 155 cm³/mol. The summed E-state index contributed by atoms with van der Waals surface area (Å²) < 4.78 is 5.78. The number of carbonyl (C=O) groups is 2. The molecule has 0 radical (unpaired) electrons. The van der Waals surface area contributed by atoms with Gasteiger partial charge in [-0.25, -0.2) is 0 Å². The molecule has 0 saturated carbocycles. The van der Waals surface area contributed by atoms with Gasteiger partial charge in [0.15, 0.2) is 0 Å². The Morgan fingerprint density at radius 1 is 0.684 bits per heavy atom. The summed E-state index contributed by atoms with van der Waals surface area (Å²) >= 11 is 0. The molecule has 3 rings (SSSR count). The highest BCUT2D eigenvalue weighted by atomic mass is 16.5. The Hall–Kier alpha value is -3.60. The van der Waals surface area contributed by atoms with Crippen molar-refractivity contribution in [3.05, 3.63) is 101 Å². The monoisotopic (exact) mass is 514 g/mol. The molecule has 0 atom stereocenters. The van der Waals surface area contributed by atoms with Gasteiger partial charge >= 0.3 is 0 Å². The topological polar surface area (TPSA) is 67.4 Å². The first kappa shape index (κ1) is 29.0. The zero-order valence-corrected chi connectivity index (χ0v) is 23.9. The molecule has 2 amide bonds. The van der Waals surface area contributed by atoms with Gasteiger partial charge in [0.1, 0.15) is 11.9 Å². The van der Waals surface area contributed by atoms with Crippen LogP contribution in [0.25, 0.3) is 0 Å². The minimum atomic E-state index is -0.718. The van der Waals surface area contributed by atoms with Crippen molar-refractivity contribution in [3.8, 4) is 5.75 Å². The average Bonchev–Trinajstić information content (AvgIpc) is 2.88. The Morgan fingerprint density at radius 2 is 1.11 bits per heavy atom. The molecule has 3 aromatic rings. The molecule has 0 fully saturated rings. The fourth-order valence-corrected chi connectivity index (χ4v) is 3.97. The molecular weight excluding hydrogens is 472 g/mol. The normalized spacial score (nSPS) is 11.8. The van der Waals surface area contributed by atoms with Crippen molar-refractivity contribution < 1.29 is 14.3 Å². The van der Waals surface area contributed by atoms with Crippen LogP contribution in [0, 0.1) is 0 Å². The van der Waals surface area contributed by atoms with Crippen LogP contribution in [0.2, 0.25) is 0 Å². The first-order chi connectivity index (χ1) is 17.9. The van der Waals surface area contributed by atoms with Crippen molar-refractivity contribution in [3.63, 3.8) is 0 Å². The third-order valence-electron chi connectivity index (χ3n) is 6.56. The average molecular weight is 515 g/mol. The molecule has 0 unspecified atom stereocenters. The second-order valence-electron chi connectivity index (χ2n) is 11.8. The van der Waals surface area contributed by atoms with Gasteiger partial charge in [0.25, 0.3) is 11.8 Å². The molecule has 0 aromatic heterocycles. The van der Waals surface area contributed by atoms with E-state index in [1.165, 1.54) is 0 Å². The molecule has 0 aliphatic heterocycles. The van der Waals surface area contributed by atoms with Crippen LogP contribution < -0.4 is 15.4 Å². The number of ether oxygens (including phenoxy) is 1. The van der Waals surface area contributed by atoms with Gasteiger partial charge in [0, 0.05) is 11.1 Å². The van der Waals surface area contributed by atoms with E-state index in [2.05, 4.69) is 59.1 Å². The Kier molecular flexibility index (Phi) is 9.37. The van der Waals surface area contributed by atoms with Crippen LogP contribution in [0.15, 0.2) is 72.8 Å². The first-order valence-corrected chi connectivity index (χ1v) is 13.4. The zero-order valence-electron chi connectivity index (χ0n) is 23.9. The maximum atomic E-state index is 13.2. The highest BCUT2D eigenvalue weighted by Crippen LogP contribution is 2.24. The fourth-order valence-electron chi connectivity index (χ4n) is 3.97. The third-order valence-corrected chi connectivity index (χ3v) is 6.56. The second kappa shape index (κ2) is 12.3. The molecule has 0 spiro atoms. The smallest absolute Gasteiger partial charge is 0.253 e. The minimum Gasteiger partial charge on any atom is -0.494 e. The molecule has 2 N–H and O–H groups in total. The lowest BCUT2D eigenvalue weighted by atomic mass is 9.86. The second-order valence-corrected chi connectivity index (χ2v) is 11.8. The van der Waals surface area contributed by atoms with E-state index in [1.807, 2.05) is 72.8 Å². The van der Waals surface area contributed by atoms with E-state index in [-0.39, 0.29) is 22.6 Å². The van der Waals surface area contributed by atoms with Gasteiger partial charge in [-0.3, -0.25) is 9.59 Å². The Balaban J connectivity index is 1.82. The quantitative estimate of drug-likeness (QED) is 0.232. The van der Waals surface area contributed by atoms with Gasteiger partial charge in [0.2, 0.25) is 0 Å². The molecule has 5 heteroatoms. The molecule has 0 saturated heterocycles. The molecule has 0 bridgehead atoms. The van der Waals surface area contributed by atoms with Gasteiger partial charge in [-0.05, 0) is 70.3 Å². The van der Waals surface area contributed by atoms with Gasteiger partial charge in [0.05, 0.1) is 6.61 Å². The maximum Gasteiger partial charge on any atom is 0.253 e. The summed E-state index contributed by atoms with van der Waals surface area (Å²) in [5, 5.41) is 6.01. The number of rotatable bonds is 9. The number of hydrogen-bond donors (Lipinski definition) is 2. The number of unbranched alkanes of at least 4 members (excludes halogenated alkanes) is 1. The molecule has 202 valence electrons. The van der Waals surface area contributed by atoms with Crippen molar-refractivity contribution in [2.45, 2.75) is 78.3 Å². The van der Waals surface area contributed by atoms with Crippen LogP contribution >= 0.6 is 0 Å². The summed E-state index contributed by atoms with van der Waals surface area (Å²) in [6.45, 7) is 15.6. The molecular formula is C33H42N2O3. The number of carbonyl (C=O) groups excluding carboxylic acids is 2. The van der Waals surface area contributed by atoms with Crippen LogP contribution in [-0.2, 0) is 10.8 Å². The molecule has 3 aromatic carbocycles. The predicted octanol–water partition coefficient (Wildman–Crippen LogP) is 7.32. The minimum absolute atomic E-state index is 0.00496. The highest BCUT2D eigenvalue weighted by Gasteiger charge is 2.21.